The number of carbonyl (C=O) groups is 1. The van der Waals surface area contributed by atoms with Gasteiger partial charge in [0.25, 0.3) is 0 Å². The SMILES string of the molecule is NC(CC1CCCCC1)C(=O)Nc1ccc(OC(F)F)c(F)c1. The second-order valence-corrected chi connectivity index (χ2v) is 5.86. The van der Waals surface area contributed by atoms with Crippen LogP contribution in [-0.4, -0.2) is 18.6 Å². The summed E-state index contributed by atoms with van der Waals surface area (Å²) < 4.78 is 41.7. The Bertz CT molecular complexity index is 534. The Labute approximate surface area is 133 Å². The first kappa shape index (κ1) is 17.6. The molecule has 1 fully saturated rings. The van der Waals surface area contributed by atoms with Crippen molar-refractivity contribution < 1.29 is 22.7 Å². The molecule has 128 valence electrons. The van der Waals surface area contributed by atoms with Gasteiger partial charge in [-0.3, -0.25) is 4.79 Å². The van der Waals surface area contributed by atoms with E-state index in [1.54, 1.807) is 0 Å². The fourth-order valence-electron chi connectivity index (χ4n) is 2.89. The number of nitrogens with one attached hydrogen (secondary N) is 1. The topological polar surface area (TPSA) is 64.4 Å². The molecule has 0 saturated heterocycles. The highest BCUT2D eigenvalue weighted by Gasteiger charge is 2.21. The Hall–Kier alpha value is -1.76. The van der Waals surface area contributed by atoms with E-state index < -0.39 is 30.1 Å². The molecule has 1 aliphatic carbocycles. The smallest absolute Gasteiger partial charge is 0.387 e. The molecule has 1 aromatic rings. The van der Waals surface area contributed by atoms with Gasteiger partial charge in [0, 0.05) is 11.8 Å². The number of carbonyl (C=O) groups excluding carboxylic acids is 1. The van der Waals surface area contributed by atoms with Gasteiger partial charge in [0.15, 0.2) is 11.6 Å². The van der Waals surface area contributed by atoms with Crippen LogP contribution in [0, 0.1) is 11.7 Å². The average Bonchev–Trinajstić information content (AvgIpc) is 2.50. The summed E-state index contributed by atoms with van der Waals surface area (Å²) in [5.41, 5.74) is 6.06. The molecule has 1 atom stereocenters. The molecule has 0 radical (unpaired) electrons. The summed E-state index contributed by atoms with van der Waals surface area (Å²) >= 11 is 0. The van der Waals surface area contributed by atoms with Crippen LogP contribution in [0.15, 0.2) is 18.2 Å². The predicted molar refractivity (Wildman–Crippen MR) is 80.8 cm³/mol. The van der Waals surface area contributed by atoms with Crippen LogP contribution in [0.2, 0.25) is 0 Å². The third-order valence-electron chi connectivity index (χ3n) is 4.06. The summed E-state index contributed by atoms with van der Waals surface area (Å²) in [5, 5.41) is 2.51. The van der Waals surface area contributed by atoms with Crippen LogP contribution in [0.4, 0.5) is 18.9 Å². The summed E-state index contributed by atoms with van der Waals surface area (Å²) in [6, 6.07) is 2.61. The number of hydrogen-bond donors (Lipinski definition) is 2. The lowest BCUT2D eigenvalue weighted by atomic mass is 9.85. The molecule has 1 amide bonds. The molecule has 1 aromatic carbocycles. The van der Waals surface area contributed by atoms with Gasteiger partial charge in [-0.05, 0) is 24.5 Å². The van der Waals surface area contributed by atoms with Crippen molar-refractivity contribution in [2.45, 2.75) is 51.2 Å². The molecule has 3 N–H and O–H groups in total. The number of amides is 1. The molecule has 4 nitrogen and oxygen atoms in total. The van der Waals surface area contributed by atoms with Gasteiger partial charge in [0.1, 0.15) is 0 Å². The zero-order valence-electron chi connectivity index (χ0n) is 12.7. The highest BCUT2D eigenvalue weighted by atomic mass is 19.3. The van der Waals surface area contributed by atoms with Crippen LogP contribution >= 0.6 is 0 Å². The zero-order chi connectivity index (χ0) is 16.8. The summed E-state index contributed by atoms with van der Waals surface area (Å²) in [6.45, 7) is -3.10. The summed E-state index contributed by atoms with van der Waals surface area (Å²) in [6.07, 6.45) is 6.31. The number of benzene rings is 1. The van der Waals surface area contributed by atoms with Crippen LogP contribution < -0.4 is 15.8 Å². The number of anilines is 1. The quantitative estimate of drug-likeness (QED) is 0.836. The van der Waals surface area contributed by atoms with Gasteiger partial charge in [-0.15, -0.1) is 0 Å². The van der Waals surface area contributed by atoms with Gasteiger partial charge in [0.2, 0.25) is 5.91 Å². The minimum Gasteiger partial charge on any atom is -0.432 e. The number of halogens is 3. The molecule has 2 rings (SSSR count). The molecule has 0 heterocycles. The van der Waals surface area contributed by atoms with Crippen molar-refractivity contribution in [1.82, 2.24) is 0 Å². The summed E-state index contributed by atoms with van der Waals surface area (Å²) in [4.78, 5) is 12.1. The second-order valence-electron chi connectivity index (χ2n) is 5.86. The largest absolute Gasteiger partial charge is 0.432 e. The van der Waals surface area contributed by atoms with Gasteiger partial charge in [-0.25, -0.2) is 4.39 Å². The van der Waals surface area contributed by atoms with E-state index in [1.807, 2.05) is 0 Å². The Kier molecular flexibility index (Phi) is 6.27. The Morgan fingerprint density at radius 3 is 2.61 bits per heavy atom. The van der Waals surface area contributed by atoms with Crippen molar-refractivity contribution >= 4 is 11.6 Å². The highest BCUT2D eigenvalue weighted by molar-refractivity contribution is 5.94. The van der Waals surface area contributed by atoms with E-state index in [0.717, 1.165) is 37.8 Å². The maximum Gasteiger partial charge on any atom is 0.387 e. The lowest BCUT2D eigenvalue weighted by Crippen LogP contribution is -2.37. The predicted octanol–water partition coefficient (Wildman–Crippen LogP) is 3.66. The molecule has 1 unspecified atom stereocenters. The molecule has 1 saturated carbocycles. The van der Waals surface area contributed by atoms with E-state index in [4.69, 9.17) is 5.73 Å². The third kappa shape index (κ3) is 5.42. The first-order valence-electron chi connectivity index (χ1n) is 7.76. The zero-order valence-corrected chi connectivity index (χ0v) is 12.7. The standard InChI is InChI=1S/C16H21F3N2O2/c17-12-9-11(6-7-14(12)23-16(18)19)21-15(22)13(20)8-10-4-2-1-3-5-10/h6-7,9-10,13,16H,1-5,8,20H2,(H,21,22). The molecular weight excluding hydrogens is 309 g/mol. The van der Waals surface area contributed by atoms with E-state index in [-0.39, 0.29) is 5.69 Å². The monoisotopic (exact) mass is 330 g/mol. The second kappa shape index (κ2) is 8.19. The van der Waals surface area contributed by atoms with E-state index in [0.29, 0.717) is 12.3 Å². The average molecular weight is 330 g/mol. The molecule has 1 aliphatic rings. The Balaban J connectivity index is 1.89. The lowest BCUT2D eigenvalue weighted by molar-refractivity contribution is -0.117. The van der Waals surface area contributed by atoms with Crippen molar-refractivity contribution in [2.75, 3.05) is 5.32 Å². The lowest BCUT2D eigenvalue weighted by Gasteiger charge is -2.24. The molecule has 0 spiro atoms. The van der Waals surface area contributed by atoms with Crippen LogP contribution in [0.1, 0.15) is 38.5 Å². The van der Waals surface area contributed by atoms with E-state index in [2.05, 4.69) is 10.1 Å². The van der Waals surface area contributed by atoms with Crippen molar-refractivity contribution in [2.24, 2.45) is 11.7 Å². The molecular formula is C16H21F3N2O2. The normalized spacial score (nSPS) is 17.1. The maximum absolute atomic E-state index is 13.6. The fraction of sp³-hybridized carbons (Fsp3) is 0.562. The van der Waals surface area contributed by atoms with Crippen molar-refractivity contribution in [1.29, 1.82) is 0 Å². The van der Waals surface area contributed by atoms with Gasteiger partial charge >= 0.3 is 6.61 Å². The maximum atomic E-state index is 13.6. The fourth-order valence-corrected chi connectivity index (χ4v) is 2.89. The first-order chi connectivity index (χ1) is 11.0. The number of alkyl halides is 2. The minimum absolute atomic E-state index is 0.160. The van der Waals surface area contributed by atoms with Crippen molar-refractivity contribution in [3.63, 3.8) is 0 Å². The van der Waals surface area contributed by atoms with Gasteiger partial charge in [0.05, 0.1) is 6.04 Å². The van der Waals surface area contributed by atoms with Crippen LogP contribution in [-0.2, 0) is 4.79 Å². The van der Waals surface area contributed by atoms with E-state index >= 15 is 0 Å². The molecule has 7 heteroatoms. The highest BCUT2D eigenvalue weighted by Crippen LogP contribution is 2.27. The van der Waals surface area contributed by atoms with Crippen LogP contribution in [0.25, 0.3) is 0 Å². The number of nitrogens with two attached hydrogens (primary N) is 1. The molecule has 0 bridgehead atoms. The minimum atomic E-state index is -3.10. The molecule has 0 aromatic heterocycles. The first-order valence-corrected chi connectivity index (χ1v) is 7.76. The molecule has 23 heavy (non-hydrogen) atoms. The number of ether oxygens (including phenoxy) is 1. The van der Waals surface area contributed by atoms with Crippen LogP contribution in [0.5, 0.6) is 5.75 Å². The van der Waals surface area contributed by atoms with Gasteiger partial charge in [-0.1, -0.05) is 32.1 Å². The Morgan fingerprint density at radius 1 is 1.30 bits per heavy atom. The molecule has 0 aliphatic heterocycles. The summed E-state index contributed by atoms with van der Waals surface area (Å²) in [5.74, 6) is -1.49. The third-order valence-corrected chi connectivity index (χ3v) is 4.06. The summed E-state index contributed by atoms with van der Waals surface area (Å²) in [7, 11) is 0. The number of hydrogen-bond acceptors (Lipinski definition) is 3. The van der Waals surface area contributed by atoms with E-state index in [9.17, 15) is 18.0 Å². The number of rotatable bonds is 6. The van der Waals surface area contributed by atoms with Crippen LogP contribution in [0.3, 0.4) is 0 Å². The van der Waals surface area contributed by atoms with E-state index in [1.165, 1.54) is 12.5 Å². The van der Waals surface area contributed by atoms with Gasteiger partial charge in [-0.2, -0.15) is 8.78 Å². The van der Waals surface area contributed by atoms with Gasteiger partial charge < -0.3 is 15.8 Å². The van der Waals surface area contributed by atoms with Crippen molar-refractivity contribution in [3.05, 3.63) is 24.0 Å². The van der Waals surface area contributed by atoms with Crippen molar-refractivity contribution in [3.8, 4) is 5.75 Å². The Morgan fingerprint density at radius 2 is 2.00 bits per heavy atom.